The number of fused-ring (bicyclic) bond motifs is 1. The molecule has 1 aliphatic rings. The van der Waals surface area contributed by atoms with Crippen LogP contribution in [0.4, 0.5) is 0 Å². The molecule has 2 heterocycles. The molecular weight excluding hydrogens is 292 g/mol. The summed E-state index contributed by atoms with van der Waals surface area (Å²) in [5.74, 6) is 0.293. The Balaban J connectivity index is 1.68. The third-order valence-corrected chi connectivity index (χ3v) is 4.48. The highest BCUT2D eigenvalue weighted by atomic mass is 16.2. The Kier molecular flexibility index (Phi) is 4.71. The molecule has 0 aliphatic carbocycles. The third-order valence-electron chi connectivity index (χ3n) is 4.48. The highest BCUT2D eigenvalue weighted by molar-refractivity contribution is 5.79. The van der Waals surface area contributed by atoms with Crippen molar-refractivity contribution in [3.63, 3.8) is 0 Å². The average molecular weight is 314 g/mol. The maximum atomic E-state index is 12.4. The number of carbonyl (C=O) groups excluding carboxylic acids is 1. The van der Waals surface area contributed by atoms with Crippen LogP contribution in [-0.4, -0.2) is 34.6 Å². The fourth-order valence-corrected chi connectivity index (χ4v) is 3.10. The molecule has 1 aliphatic heterocycles. The maximum Gasteiger partial charge on any atom is 0.261 e. The van der Waals surface area contributed by atoms with Crippen LogP contribution in [0.5, 0.6) is 0 Å². The molecule has 0 radical (unpaired) electrons. The van der Waals surface area contributed by atoms with E-state index in [1.54, 1.807) is 18.2 Å². The first-order valence-corrected chi connectivity index (χ1v) is 8.09. The first-order valence-electron chi connectivity index (χ1n) is 8.09. The van der Waals surface area contributed by atoms with Gasteiger partial charge in [0.15, 0.2) is 0 Å². The minimum atomic E-state index is -0.183. The molecule has 1 saturated heterocycles. The van der Waals surface area contributed by atoms with Gasteiger partial charge in [0.1, 0.15) is 6.54 Å². The molecular formula is C17H22N4O2. The minimum absolute atomic E-state index is 0.00115. The van der Waals surface area contributed by atoms with Crippen LogP contribution in [0.3, 0.4) is 0 Å². The molecule has 0 bridgehead atoms. The van der Waals surface area contributed by atoms with Crippen molar-refractivity contribution >= 4 is 16.8 Å². The van der Waals surface area contributed by atoms with Crippen molar-refractivity contribution in [2.75, 3.05) is 13.1 Å². The molecule has 122 valence electrons. The average Bonchev–Trinajstić information content (AvgIpc) is 2.58. The molecule has 3 rings (SSSR count). The molecule has 1 amide bonds. The standard InChI is InChI=1S/C17H22N4O2/c1-12(13-5-4-8-18-9-13)20-16(22)10-21-11-19-15-7-3-2-6-14(15)17(21)23/h2-3,6-7,11-13,18H,4-5,8-10H2,1H3,(H,20,22). The van der Waals surface area contributed by atoms with Gasteiger partial charge < -0.3 is 10.6 Å². The van der Waals surface area contributed by atoms with Crippen molar-refractivity contribution in [2.45, 2.75) is 32.4 Å². The number of hydrogen-bond acceptors (Lipinski definition) is 4. The second-order valence-corrected chi connectivity index (χ2v) is 6.16. The zero-order chi connectivity index (χ0) is 16.2. The van der Waals surface area contributed by atoms with Gasteiger partial charge in [-0.05, 0) is 50.9 Å². The van der Waals surface area contributed by atoms with Crippen LogP contribution in [0.1, 0.15) is 19.8 Å². The van der Waals surface area contributed by atoms with Gasteiger partial charge in [-0.3, -0.25) is 14.2 Å². The zero-order valence-corrected chi connectivity index (χ0v) is 13.3. The number of nitrogens with one attached hydrogen (secondary N) is 2. The Morgan fingerprint density at radius 1 is 1.48 bits per heavy atom. The monoisotopic (exact) mass is 314 g/mol. The summed E-state index contributed by atoms with van der Waals surface area (Å²) < 4.78 is 1.36. The Morgan fingerprint density at radius 2 is 2.30 bits per heavy atom. The van der Waals surface area contributed by atoms with E-state index in [0.29, 0.717) is 16.8 Å². The number of para-hydroxylation sites is 1. The van der Waals surface area contributed by atoms with Crippen LogP contribution in [0, 0.1) is 5.92 Å². The first-order chi connectivity index (χ1) is 11.1. The van der Waals surface area contributed by atoms with Gasteiger partial charge in [0.2, 0.25) is 5.91 Å². The highest BCUT2D eigenvalue weighted by Gasteiger charge is 2.21. The van der Waals surface area contributed by atoms with E-state index >= 15 is 0 Å². The minimum Gasteiger partial charge on any atom is -0.352 e. The van der Waals surface area contributed by atoms with E-state index in [0.717, 1.165) is 25.9 Å². The second-order valence-electron chi connectivity index (χ2n) is 6.16. The predicted octanol–water partition coefficient (Wildman–Crippen LogP) is 0.901. The molecule has 2 atom stereocenters. The van der Waals surface area contributed by atoms with Crippen LogP contribution in [0.2, 0.25) is 0 Å². The van der Waals surface area contributed by atoms with E-state index in [-0.39, 0.29) is 24.1 Å². The lowest BCUT2D eigenvalue weighted by molar-refractivity contribution is -0.122. The molecule has 1 aromatic carbocycles. The molecule has 2 N–H and O–H groups in total. The molecule has 2 unspecified atom stereocenters. The first kappa shape index (κ1) is 15.7. The third kappa shape index (κ3) is 3.59. The second kappa shape index (κ2) is 6.91. The summed E-state index contributed by atoms with van der Waals surface area (Å²) in [7, 11) is 0. The van der Waals surface area contributed by atoms with Gasteiger partial charge in [-0.25, -0.2) is 4.98 Å². The Hall–Kier alpha value is -2.21. The van der Waals surface area contributed by atoms with Crippen LogP contribution in [0.25, 0.3) is 10.9 Å². The van der Waals surface area contributed by atoms with E-state index in [9.17, 15) is 9.59 Å². The van der Waals surface area contributed by atoms with E-state index < -0.39 is 0 Å². The smallest absolute Gasteiger partial charge is 0.261 e. The number of amides is 1. The van der Waals surface area contributed by atoms with Gasteiger partial charge >= 0.3 is 0 Å². The zero-order valence-electron chi connectivity index (χ0n) is 13.3. The van der Waals surface area contributed by atoms with Crippen molar-refractivity contribution in [3.05, 3.63) is 40.9 Å². The van der Waals surface area contributed by atoms with Gasteiger partial charge in [0.25, 0.3) is 5.56 Å². The number of hydrogen-bond donors (Lipinski definition) is 2. The van der Waals surface area contributed by atoms with Gasteiger partial charge in [-0.15, -0.1) is 0 Å². The quantitative estimate of drug-likeness (QED) is 0.879. The summed E-state index contributed by atoms with van der Waals surface area (Å²) in [5.41, 5.74) is 0.466. The summed E-state index contributed by atoms with van der Waals surface area (Å²) in [6, 6.07) is 7.26. The number of piperidine rings is 1. The van der Waals surface area contributed by atoms with Crippen molar-refractivity contribution in [1.82, 2.24) is 20.2 Å². The van der Waals surface area contributed by atoms with Crippen molar-refractivity contribution in [3.8, 4) is 0 Å². The van der Waals surface area contributed by atoms with E-state index in [1.165, 1.54) is 10.9 Å². The Morgan fingerprint density at radius 3 is 3.09 bits per heavy atom. The number of benzene rings is 1. The fraction of sp³-hybridized carbons (Fsp3) is 0.471. The molecule has 23 heavy (non-hydrogen) atoms. The van der Waals surface area contributed by atoms with Gasteiger partial charge in [-0.2, -0.15) is 0 Å². The lowest BCUT2D eigenvalue weighted by Crippen LogP contribution is -2.46. The van der Waals surface area contributed by atoms with Crippen molar-refractivity contribution < 1.29 is 4.79 Å². The fourth-order valence-electron chi connectivity index (χ4n) is 3.10. The number of carbonyl (C=O) groups is 1. The number of nitrogens with zero attached hydrogens (tertiary/aromatic N) is 2. The van der Waals surface area contributed by atoms with Gasteiger partial charge in [-0.1, -0.05) is 12.1 Å². The SMILES string of the molecule is CC(NC(=O)Cn1cnc2ccccc2c1=O)C1CCCNC1. The Labute approximate surface area is 134 Å². The van der Waals surface area contributed by atoms with Crippen molar-refractivity contribution in [2.24, 2.45) is 5.92 Å². The lowest BCUT2D eigenvalue weighted by Gasteiger charge is -2.29. The van der Waals surface area contributed by atoms with Gasteiger partial charge in [0, 0.05) is 6.04 Å². The molecule has 1 aromatic heterocycles. The van der Waals surface area contributed by atoms with Crippen LogP contribution < -0.4 is 16.2 Å². The van der Waals surface area contributed by atoms with E-state index in [4.69, 9.17) is 0 Å². The van der Waals surface area contributed by atoms with Crippen LogP contribution in [0.15, 0.2) is 35.4 Å². The highest BCUT2D eigenvalue weighted by Crippen LogP contribution is 2.14. The summed E-state index contributed by atoms with van der Waals surface area (Å²) in [6.45, 7) is 4.01. The number of aromatic nitrogens is 2. The van der Waals surface area contributed by atoms with Gasteiger partial charge in [0.05, 0.1) is 17.2 Å². The normalized spacial score (nSPS) is 19.4. The Bertz CT molecular complexity index is 750. The van der Waals surface area contributed by atoms with Crippen LogP contribution in [-0.2, 0) is 11.3 Å². The lowest BCUT2D eigenvalue weighted by atomic mass is 9.93. The van der Waals surface area contributed by atoms with Crippen molar-refractivity contribution in [1.29, 1.82) is 0 Å². The molecule has 2 aromatic rings. The largest absolute Gasteiger partial charge is 0.352 e. The topological polar surface area (TPSA) is 76.0 Å². The summed E-state index contributed by atoms with van der Waals surface area (Å²) in [5, 5.41) is 6.89. The molecule has 0 saturated carbocycles. The van der Waals surface area contributed by atoms with E-state index in [1.807, 2.05) is 13.0 Å². The van der Waals surface area contributed by atoms with Crippen LogP contribution >= 0.6 is 0 Å². The molecule has 6 heteroatoms. The summed E-state index contributed by atoms with van der Waals surface area (Å²) >= 11 is 0. The van der Waals surface area contributed by atoms with E-state index in [2.05, 4.69) is 15.6 Å². The molecule has 1 fully saturated rings. The summed E-state index contributed by atoms with van der Waals surface area (Å²) in [6.07, 6.45) is 3.70. The molecule has 6 nitrogen and oxygen atoms in total. The maximum absolute atomic E-state index is 12.4. The summed E-state index contributed by atoms with van der Waals surface area (Å²) in [4.78, 5) is 28.9. The predicted molar refractivity (Wildman–Crippen MR) is 89.2 cm³/mol. The molecule has 0 spiro atoms. The number of rotatable bonds is 4.